The molecular weight excluding hydrogens is 311 g/mol. The van der Waals surface area contributed by atoms with Crippen LogP contribution in [0, 0.1) is 19.8 Å². The normalized spacial score (nSPS) is 14.9. The van der Waals surface area contributed by atoms with Crippen molar-refractivity contribution in [2.75, 3.05) is 6.54 Å². The van der Waals surface area contributed by atoms with Gasteiger partial charge < -0.3 is 11.1 Å². The van der Waals surface area contributed by atoms with Gasteiger partial charge in [-0.05, 0) is 44.6 Å². The molecule has 1 aromatic rings. The molecule has 0 aliphatic heterocycles. The highest BCUT2D eigenvalue weighted by molar-refractivity contribution is 5.85. The first-order valence-electron chi connectivity index (χ1n) is 7.00. The molecule has 1 heterocycles. The van der Waals surface area contributed by atoms with Gasteiger partial charge in [-0.3, -0.25) is 9.48 Å². The van der Waals surface area contributed by atoms with Crippen LogP contribution in [0.25, 0.3) is 0 Å². The van der Waals surface area contributed by atoms with E-state index in [0.29, 0.717) is 18.9 Å². The molecule has 0 saturated heterocycles. The third-order valence-corrected chi connectivity index (χ3v) is 4.02. The third-order valence-electron chi connectivity index (χ3n) is 4.02. The van der Waals surface area contributed by atoms with E-state index < -0.39 is 0 Å². The fraction of sp³-hybridized carbons (Fsp3) is 0.714. The molecule has 21 heavy (non-hydrogen) atoms. The number of amides is 1. The molecular formula is C14H26Cl2N4O. The number of nitrogens with two attached hydrogens (primary N) is 1. The molecule has 1 aromatic heterocycles. The summed E-state index contributed by atoms with van der Waals surface area (Å²) in [5.74, 6) is 0.710. The van der Waals surface area contributed by atoms with Crippen molar-refractivity contribution < 1.29 is 4.79 Å². The first kappa shape index (κ1) is 20.2. The summed E-state index contributed by atoms with van der Waals surface area (Å²) < 4.78 is 1.87. The standard InChI is InChI=1S/C14H24N4O.2ClH/c1-9-12(10(2)18(3)17-9)6-7-14(19)16-8-13(15)11-4-5-11;;/h11,13H,4-8,15H2,1-3H3,(H,16,19);2*1H. The largest absolute Gasteiger partial charge is 0.355 e. The summed E-state index contributed by atoms with van der Waals surface area (Å²) in [6.45, 7) is 4.63. The van der Waals surface area contributed by atoms with Crippen molar-refractivity contribution >= 4 is 30.7 Å². The van der Waals surface area contributed by atoms with Gasteiger partial charge in [-0.15, -0.1) is 24.8 Å². The van der Waals surface area contributed by atoms with Gasteiger partial charge in [0.15, 0.2) is 0 Å². The van der Waals surface area contributed by atoms with Crippen LogP contribution in [0.3, 0.4) is 0 Å². The van der Waals surface area contributed by atoms with Crippen LogP contribution in [-0.2, 0) is 18.3 Å². The molecule has 0 spiro atoms. The zero-order chi connectivity index (χ0) is 14.0. The van der Waals surface area contributed by atoms with E-state index in [1.807, 2.05) is 25.6 Å². The second kappa shape index (κ2) is 8.61. The number of nitrogens with zero attached hydrogens (tertiary/aromatic N) is 2. The number of nitrogens with one attached hydrogen (secondary N) is 1. The van der Waals surface area contributed by atoms with Crippen LogP contribution in [0.4, 0.5) is 0 Å². The lowest BCUT2D eigenvalue weighted by Crippen LogP contribution is -2.38. The van der Waals surface area contributed by atoms with Gasteiger partial charge in [0.25, 0.3) is 0 Å². The summed E-state index contributed by atoms with van der Waals surface area (Å²) in [7, 11) is 1.93. The van der Waals surface area contributed by atoms with Gasteiger partial charge >= 0.3 is 0 Å². The number of carbonyl (C=O) groups is 1. The van der Waals surface area contributed by atoms with Gasteiger partial charge in [0.2, 0.25) is 5.91 Å². The summed E-state index contributed by atoms with van der Waals surface area (Å²) in [6, 6.07) is 0.130. The van der Waals surface area contributed by atoms with E-state index in [1.165, 1.54) is 18.4 Å². The molecule has 122 valence electrons. The maximum Gasteiger partial charge on any atom is 0.220 e. The molecule has 1 saturated carbocycles. The zero-order valence-corrected chi connectivity index (χ0v) is 14.5. The quantitative estimate of drug-likeness (QED) is 0.829. The summed E-state index contributed by atoms with van der Waals surface area (Å²) in [4.78, 5) is 11.8. The van der Waals surface area contributed by atoms with E-state index in [2.05, 4.69) is 10.4 Å². The minimum Gasteiger partial charge on any atom is -0.355 e. The smallest absolute Gasteiger partial charge is 0.220 e. The highest BCUT2D eigenvalue weighted by Gasteiger charge is 2.28. The summed E-state index contributed by atoms with van der Waals surface area (Å²) >= 11 is 0. The Morgan fingerprint density at radius 2 is 2.05 bits per heavy atom. The fourth-order valence-corrected chi connectivity index (χ4v) is 2.43. The molecule has 0 bridgehead atoms. The predicted molar refractivity (Wildman–Crippen MR) is 89.2 cm³/mol. The average molecular weight is 337 g/mol. The van der Waals surface area contributed by atoms with E-state index in [0.717, 1.165) is 17.8 Å². The third kappa shape index (κ3) is 5.49. The minimum absolute atomic E-state index is 0. The Bertz CT molecular complexity index is 472. The number of hydrogen-bond donors (Lipinski definition) is 2. The Morgan fingerprint density at radius 3 is 2.52 bits per heavy atom. The topological polar surface area (TPSA) is 72.9 Å². The minimum atomic E-state index is 0. The highest BCUT2D eigenvalue weighted by atomic mass is 35.5. The lowest BCUT2D eigenvalue weighted by molar-refractivity contribution is -0.121. The van der Waals surface area contributed by atoms with Gasteiger partial charge in [0.1, 0.15) is 0 Å². The second-order valence-electron chi connectivity index (χ2n) is 5.58. The Hall–Kier alpha value is -0.780. The van der Waals surface area contributed by atoms with E-state index >= 15 is 0 Å². The Kier molecular flexibility index (Phi) is 8.29. The Morgan fingerprint density at radius 1 is 1.43 bits per heavy atom. The average Bonchev–Trinajstić information content (AvgIpc) is 3.16. The molecule has 5 nitrogen and oxygen atoms in total. The lowest BCUT2D eigenvalue weighted by atomic mass is 10.1. The highest BCUT2D eigenvalue weighted by Crippen LogP contribution is 2.31. The van der Waals surface area contributed by atoms with Crippen LogP contribution in [-0.4, -0.2) is 28.3 Å². The van der Waals surface area contributed by atoms with Gasteiger partial charge in [-0.25, -0.2) is 0 Å². The van der Waals surface area contributed by atoms with Gasteiger partial charge in [0, 0.05) is 31.7 Å². The number of halogens is 2. The predicted octanol–water partition coefficient (Wildman–Crippen LogP) is 1.67. The van der Waals surface area contributed by atoms with Crippen LogP contribution in [0.1, 0.15) is 36.2 Å². The Balaban J connectivity index is 0.00000200. The fourth-order valence-electron chi connectivity index (χ4n) is 2.43. The summed E-state index contributed by atoms with van der Waals surface area (Å²) in [6.07, 6.45) is 3.68. The van der Waals surface area contributed by atoms with E-state index in [9.17, 15) is 4.79 Å². The Labute approximate surface area is 138 Å². The monoisotopic (exact) mass is 336 g/mol. The maximum atomic E-state index is 11.8. The number of carbonyl (C=O) groups excluding carboxylic acids is 1. The van der Waals surface area contributed by atoms with Crippen molar-refractivity contribution in [1.29, 1.82) is 0 Å². The van der Waals surface area contributed by atoms with Gasteiger partial charge in [-0.1, -0.05) is 0 Å². The van der Waals surface area contributed by atoms with Gasteiger partial charge in [0.05, 0.1) is 5.69 Å². The first-order chi connectivity index (χ1) is 8.99. The maximum absolute atomic E-state index is 11.8. The molecule has 0 aromatic carbocycles. The molecule has 3 N–H and O–H groups in total. The lowest BCUT2D eigenvalue weighted by Gasteiger charge is -2.11. The molecule has 2 rings (SSSR count). The first-order valence-corrected chi connectivity index (χ1v) is 7.00. The van der Waals surface area contributed by atoms with Crippen molar-refractivity contribution in [1.82, 2.24) is 15.1 Å². The van der Waals surface area contributed by atoms with Crippen molar-refractivity contribution in [3.05, 3.63) is 17.0 Å². The summed E-state index contributed by atoms with van der Waals surface area (Å²) in [5, 5.41) is 7.29. The van der Waals surface area contributed by atoms with Crippen molar-refractivity contribution in [2.45, 2.75) is 45.6 Å². The number of hydrogen-bond acceptors (Lipinski definition) is 3. The zero-order valence-electron chi connectivity index (χ0n) is 12.9. The molecule has 7 heteroatoms. The molecule has 1 aliphatic rings. The number of rotatable bonds is 6. The van der Waals surface area contributed by atoms with Crippen molar-refractivity contribution in [3.8, 4) is 0 Å². The van der Waals surface area contributed by atoms with Crippen LogP contribution >= 0.6 is 24.8 Å². The van der Waals surface area contributed by atoms with Crippen LogP contribution in [0.5, 0.6) is 0 Å². The molecule has 1 fully saturated rings. The van der Waals surface area contributed by atoms with E-state index in [-0.39, 0.29) is 36.8 Å². The summed E-state index contributed by atoms with van der Waals surface area (Å²) in [5.41, 5.74) is 9.30. The molecule has 1 amide bonds. The van der Waals surface area contributed by atoms with Crippen LogP contribution in [0.2, 0.25) is 0 Å². The van der Waals surface area contributed by atoms with Crippen molar-refractivity contribution in [3.63, 3.8) is 0 Å². The van der Waals surface area contributed by atoms with Gasteiger partial charge in [-0.2, -0.15) is 5.10 Å². The molecule has 1 aliphatic carbocycles. The van der Waals surface area contributed by atoms with Crippen LogP contribution < -0.4 is 11.1 Å². The molecule has 1 atom stereocenters. The van der Waals surface area contributed by atoms with Crippen LogP contribution in [0.15, 0.2) is 0 Å². The second-order valence-corrected chi connectivity index (χ2v) is 5.58. The number of aromatic nitrogens is 2. The van der Waals surface area contributed by atoms with E-state index in [4.69, 9.17) is 5.73 Å². The van der Waals surface area contributed by atoms with E-state index in [1.54, 1.807) is 0 Å². The number of aryl methyl sites for hydroxylation is 2. The molecule has 1 unspecified atom stereocenters. The molecule has 0 radical (unpaired) electrons. The SMILES string of the molecule is Cc1nn(C)c(C)c1CCC(=O)NCC(N)C1CC1.Cl.Cl. The van der Waals surface area contributed by atoms with Crippen molar-refractivity contribution in [2.24, 2.45) is 18.7 Å².